The van der Waals surface area contributed by atoms with Crippen LogP contribution < -0.4 is 9.47 Å². The lowest BCUT2D eigenvalue weighted by Gasteiger charge is -2.22. The number of H-pyrrole nitrogens is 1. The molecule has 34 heavy (non-hydrogen) atoms. The fraction of sp³-hybridized carbons (Fsp3) is 0.259. The molecule has 3 aromatic rings. The molecule has 0 aliphatic carbocycles. The Morgan fingerprint density at radius 3 is 2.59 bits per heavy atom. The van der Waals surface area contributed by atoms with Crippen LogP contribution in [-0.2, 0) is 22.6 Å². The molecule has 0 unspecified atom stereocenters. The summed E-state index contributed by atoms with van der Waals surface area (Å²) in [6.45, 7) is 6.73. The van der Waals surface area contributed by atoms with Crippen molar-refractivity contribution in [3.63, 3.8) is 0 Å². The molecule has 0 saturated carbocycles. The maximum atomic E-state index is 13.3. The highest BCUT2D eigenvalue weighted by atomic mass is 16.7. The number of aromatic amines is 1. The SMILES string of the molecule is CCOC(=O)c1[nH]c(C)c(CN(Cc2ccc3c(c2)OCO3)C(=O)C=Cc2ccccc2)c1C. The molecule has 1 aliphatic heterocycles. The van der Waals surface area contributed by atoms with E-state index in [4.69, 9.17) is 14.2 Å². The number of hydrogen-bond donors (Lipinski definition) is 1. The van der Waals surface area contributed by atoms with Gasteiger partial charge in [0.05, 0.1) is 6.61 Å². The number of carbonyl (C=O) groups is 2. The molecule has 4 rings (SSSR count). The average molecular weight is 461 g/mol. The lowest BCUT2D eigenvalue weighted by atomic mass is 10.1. The van der Waals surface area contributed by atoms with Crippen LogP contribution in [0.4, 0.5) is 0 Å². The third kappa shape index (κ3) is 5.14. The van der Waals surface area contributed by atoms with Crippen LogP contribution in [0.15, 0.2) is 54.6 Å². The van der Waals surface area contributed by atoms with E-state index in [0.29, 0.717) is 36.9 Å². The number of benzene rings is 2. The van der Waals surface area contributed by atoms with E-state index >= 15 is 0 Å². The highest BCUT2D eigenvalue weighted by Crippen LogP contribution is 2.33. The summed E-state index contributed by atoms with van der Waals surface area (Å²) in [6.07, 6.45) is 3.38. The van der Waals surface area contributed by atoms with Gasteiger partial charge in [-0.25, -0.2) is 4.79 Å². The average Bonchev–Trinajstić information content (AvgIpc) is 3.42. The van der Waals surface area contributed by atoms with Gasteiger partial charge in [0, 0.05) is 24.9 Å². The number of nitrogens with one attached hydrogen (secondary N) is 1. The zero-order chi connectivity index (χ0) is 24.1. The van der Waals surface area contributed by atoms with Crippen LogP contribution in [0.1, 0.15) is 45.4 Å². The second-order valence-electron chi connectivity index (χ2n) is 8.07. The van der Waals surface area contributed by atoms with E-state index in [1.165, 1.54) is 0 Å². The molecule has 7 nitrogen and oxygen atoms in total. The highest BCUT2D eigenvalue weighted by Gasteiger charge is 2.22. The second kappa shape index (κ2) is 10.3. The van der Waals surface area contributed by atoms with E-state index in [9.17, 15) is 9.59 Å². The minimum Gasteiger partial charge on any atom is -0.461 e. The second-order valence-corrected chi connectivity index (χ2v) is 8.07. The van der Waals surface area contributed by atoms with Crippen LogP contribution in [-0.4, -0.2) is 35.2 Å². The smallest absolute Gasteiger partial charge is 0.355 e. The zero-order valence-electron chi connectivity index (χ0n) is 19.6. The van der Waals surface area contributed by atoms with Gasteiger partial charge in [0.2, 0.25) is 12.7 Å². The standard InChI is InChI=1S/C27H28N2O5/c1-4-32-27(31)26-18(2)22(19(3)28-26)16-29(25(30)13-11-20-8-6-5-7-9-20)15-21-10-12-23-24(14-21)34-17-33-23/h5-14,28H,4,15-17H2,1-3H3. The molecule has 0 spiro atoms. The molecule has 7 heteroatoms. The van der Waals surface area contributed by atoms with E-state index in [1.807, 2.05) is 62.4 Å². The van der Waals surface area contributed by atoms with Gasteiger partial charge in [-0.1, -0.05) is 36.4 Å². The summed E-state index contributed by atoms with van der Waals surface area (Å²) < 4.78 is 16.1. The van der Waals surface area contributed by atoms with Gasteiger partial charge in [-0.15, -0.1) is 0 Å². The molecule has 1 aromatic heterocycles. The summed E-state index contributed by atoms with van der Waals surface area (Å²) in [4.78, 5) is 30.5. The summed E-state index contributed by atoms with van der Waals surface area (Å²) in [5.74, 6) is 0.830. The van der Waals surface area contributed by atoms with Gasteiger partial charge in [-0.2, -0.15) is 0 Å². The first-order chi connectivity index (χ1) is 16.5. The first kappa shape index (κ1) is 23.2. The number of esters is 1. The monoisotopic (exact) mass is 460 g/mol. The van der Waals surface area contributed by atoms with Crippen LogP contribution in [0, 0.1) is 13.8 Å². The van der Waals surface area contributed by atoms with Crippen molar-refractivity contribution < 1.29 is 23.8 Å². The Morgan fingerprint density at radius 1 is 1.06 bits per heavy atom. The first-order valence-corrected chi connectivity index (χ1v) is 11.2. The third-order valence-electron chi connectivity index (χ3n) is 5.76. The van der Waals surface area contributed by atoms with E-state index in [-0.39, 0.29) is 12.7 Å². The Balaban J connectivity index is 1.61. The largest absolute Gasteiger partial charge is 0.461 e. The summed E-state index contributed by atoms with van der Waals surface area (Å²) in [5.41, 5.74) is 4.79. The molecule has 1 amide bonds. The van der Waals surface area contributed by atoms with Crippen molar-refractivity contribution in [3.05, 3.63) is 88.2 Å². The van der Waals surface area contributed by atoms with Gasteiger partial charge in [-0.05, 0) is 61.2 Å². The molecule has 1 N–H and O–H groups in total. The van der Waals surface area contributed by atoms with Crippen LogP contribution in [0.3, 0.4) is 0 Å². The highest BCUT2D eigenvalue weighted by molar-refractivity contribution is 5.92. The number of fused-ring (bicyclic) bond motifs is 1. The van der Waals surface area contributed by atoms with Crippen molar-refractivity contribution in [2.45, 2.75) is 33.9 Å². The number of carbonyl (C=O) groups excluding carboxylic acids is 2. The Labute approximate surface area is 198 Å². The number of ether oxygens (including phenoxy) is 3. The molecule has 1 aliphatic rings. The summed E-state index contributed by atoms with van der Waals surface area (Å²) >= 11 is 0. The molecule has 0 saturated heterocycles. The quantitative estimate of drug-likeness (QED) is 0.387. The van der Waals surface area contributed by atoms with Gasteiger partial charge >= 0.3 is 5.97 Å². The van der Waals surface area contributed by atoms with Crippen molar-refractivity contribution in [2.75, 3.05) is 13.4 Å². The van der Waals surface area contributed by atoms with E-state index in [0.717, 1.165) is 27.9 Å². The Bertz CT molecular complexity index is 1210. The fourth-order valence-corrected chi connectivity index (χ4v) is 3.93. The maximum absolute atomic E-state index is 13.3. The first-order valence-electron chi connectivity index (χ1n) is 11.2. The number of aryl methyl sites for hydroxylation is 1. The van der Waals surface area contributed by atoms with Crippen LogP contribution >= 0.6 is 0 Å². The van der Waals surface area contributed by atoms with Crippen LogP contribution in [0.25, 0.3) is 6.08 Å². The zero-order valence-corrected chi connectivity index (χ0v) is 19.6. The molecular formula is C27H28N2O5. The Morgan fingerprint density at radius 2 is 1.82 bits per heavy atom. The van der Waals surface area contributed by atoms with E-state index in [2.05, 4.69) is 4.98 Å². The maximum Gasteiger partial charge on any atom is 0.355 e. The fourth-order valence-electron chi connectivity index (χ4n) is 3.93. The van der Waals surface area contributed by atoms with E-state index < -0.39 is 5.97 Å². The van der Waals surface area contributed by atoms with Gasteiger partial charge < -0.3 is 24.1 Å². The van der Waals surface area contributed by atoms with Gasteiger partial charge in [0.15, 0.2) is 11.5 Å². The third-order valence-corrected chi connectivity index (χ3v) is 5.76. The minimum atomic E-state index is -0.396. The number of aromatic nitrogens is 1. The molecule has 0 fully saturated rings. The van der Waals surface area contributed by atoms with Gasteiger partial charge in [0.25, 0.3) is 0 Å². The molecule has 176 valence electrons. The number of rotatable bonds is 8. The lowest BCUT2D eigenvalue weighted by Crippen LogP contribution is -2.29. The number of hydrogen-bond acceptors (Lipinski definition) is 5. The predicted molar refractivity (Wildman–Crippen MR) is 129 cm³/mol. The molecule has 2 aromatic carbocycles. The van der Waals surface area contributed by atoms with Crippen molar-refractivity contribution in [3.8, 4) is 11.5 Å². The summed E-state index contributed by atoms with van der Waals surface area (Å²) in [5, 5.41) is 0. The molecule has 0 atom stereocenters. The Kier molecular flexibility index (Phi) is 7.01. The molecule has 0 bridgehead atoms. The van der Waals surface area contributed by atoms with Gasteiger partial charge in [-0.3, -0.25) is 4.79 Å². The number of amides is 1. The predicted octanol–water partition coefficient (Wildman–Crippen LogP) is 4.78. The van der Waals surface area contributed by atoms with Crippen molar-refractivity contribution in [2.24, 2.45) is 0 Å². The topological polar surface area (TPSA) is 80.9 Å². The van der Waals surface area contributed by atoms with Crippen molar-refractivity contribution in [1.29, 1.82) is 0 Å². The van der Waals surface area contributed by atoms with Crippen molar-refractivity contribution in [1.82, 2.24) is 9.88 Å². The Hall–Kier alpha value is -4.00. The molecule has 2 heterocycles. The van der Waals surface area contributed by atoms with Gasteiger partial charge in [0.1, 0.15) is 5.69 Å². The van der Waals surface area contributed by atoms with Crippen molar-refractivity contribution >= 4 is 18.0 Å². The number of nitrogens with zero attached hydrogens (tertiary/aromatic N) is 1. The lowest BCUT2D eigenvalue weighted by molar-refractivity contribution is -0.127. The van der Waals surface area contributed by atoms with Crippen LogP contribution in [0.2, 0.25) is 0 Å². The minimum absolute atomic E-state index is 0.140. The summed E-state index contributed by atoms with van der Waals surface area (Å²) in [7, 11) is 0. The van der Waals surface area contributed by atoms with E-state index in [1.54, 1.807) is 24.0 Å². The normalized spacial score (nSPS) is 12.2. The molecule has 0 radical (unpaired) electrons. The molecular weight excluding hydrogens is 432 g/mol. The summed E-state index contributed by atoms with van der Waals surface area (Å²) in [6, 6.07) is 15.3. The van der Waals surface area contributed by atoms with Crippen LogP contribution in [0.5, 0.6) is 11.5 Å².